The molecule has 3 heteroatoms. The van der Waals surface area contributed by atoms with Crippen molar-refractivity contribution >= 4 is 0 Å². The van der Waals surface area contributed by atoms with Crippen molar-refractivity contribution in [2.45, 2.75) is 19.9 Å². The van der Waals surface area contributed by atoms with Crippen LogP contribution in [0.5, 0.6) is 0 Å². The van der Waals surface area contributed by atoms with Crippen molar-refractivity contribution in [3.05, 3.63) is 35.4 Å². The van der Waals surface area contributed by atoms with E-state index in [0.717, 1.165) is 13.0 Å². The van der Waals surface area contributed by atoms with Gasteiger partial charge in [-0.1, -0.05) is 31.2 Å². The number of nitrogens with zero attached hydrogens (tertiary/aromatic N) is 1. The molecular weight excluding hydrogens is 202 g/mol. The molecule has 3 nitrogen and oxygen atoms in total. The molecule has 0 spiro atoms. The van der Waals surface area contributed by atoms with E-state index < -0.39 is 0 Å². The van der Waals surface area contributed by atoms with Crippen LogP contribution in [0.3, 0.4) is 0 Å². The first-order valence-corrected chi connectivity index (χ1v) is 5.82. The van der Waals surface area contributed by atoms with Crippen LogP contribution >= 0.6 is 0 Å². The van der Waals surface area contributed by atoms with Gasteiger partial charge in [-0.05, 0) is 17.5 Å². The second-order valence-electron chi connectivity index (χ2n) is 3.90. The number of benzene rings is 1. The van der Waals surface area contributed by atoms with Gasteiger partial charge in [-0.15, -0.1) is 0 Å². The Morgan fingerprint density at radius 2 is 1.69 bits per heavy atom. The Kier molecular flexibility index (Phi) is 6.08. The summed E-state index contributed by atoms with van der Waals surface area (Å²) in [6, 6.07) is 8.44. The minimum atomic E-state index is 0.132. The fourth-order valence-electron chi connectivity index (χ4n) is 1.76. The van der Waals surface area contributed by atoms with E-state index in [4.69, 9.17) is 10.2 Å². The fourth-order valence-corrected chi connectivity index (χ4v) is 1.76. The topological polar surface area (TPSA) is 43.7 Å². The number of aryl methyl sites for hydroxylation is 1. The van der Waals surface area contributed by atoms with Gasteiger partial charge in [0.1, 0.15) is 0 Å². The van der Waals surface area contributed by atoms with Gasteiger partial charge in [0.15, 0.2) is 0 Å². The number of hydrogen-bond donors (Lipinski definition) is 2. The summed E-state index contributed by atoms with van der Waals surface area (Å²) in [5.41, 5.74) is 2.56. The molecule has 0 radical (unpaired) electrons. The van der Waals surface area contributed by atoms with E-state index in [0.29, 0.717) is 13.1 Å². The minimum absolute atomic E-state index is 0.132. The molecule has 0 unspecified atom stereocenters. The molecule has 90 valence electrons. The van der Waals surface area contributed by atoms with Gasteiger partial charge in [-0.3, -0.25) is 4.90 Å². The normalized spacial score (nSPS) is 11.0. The highest BCUT2D eigenvalue weighted by Crippen LogP contribution is 2.08. The molecule has 0 aliphatic rings. The summed E-state index contributed by atoms with van der Waals surface area (Å²) in [5.74, 6) is 0. The van der Waals surface area contributed by atoms with Crippen LogP contribution in [-0.2, 0) is 13.0 Å². The summed E-state index contributed by atoms with van der Waals surface area (Å²) in [5, 5.41) is 17.8. The van der Waals surface area contributed by atoms with Crippen molar-refractivity contribution in [1.29, 1.82) is 0 Å². The van der Waals surface area contributed by atoms with Crippen molar-refractivity contribution in [2.24, 2.45) is 0 Å². The van der Waals surface area contributed by atoms with Gasteiger partial charge in [0, 0.05) is 19.6 Å². The van der Waals surface area contributed by atoms with Gasteiger partial charge in [0.05, 0.1) is 13.2 Å². The van der Waals surface area contributed by atoms with Crippen LogP contribution in [0, 0.1) is 0 Å². The summed E-state index contributed by atoms with van der Waals surface area (Å²) < 4.78 is 0. The van der Waals surface area contributed by atoms with Crippen molar-refractivity contribution in [3.63, 3.8) is 0 Å². The molecule has 0 aliphatic carbocycles. The predicted molar refractivity (Wildman–Crippen MR) is 65.3 cm³/mol. The summed E-state index contributed by atoms with van der Waals surface area (Å²) in [7, 11) is 0. The first-order valence-electron chi connectivity index (χ1n) is 5.82. The largest absolute Gasteiger partial charge is 0.395 e. The molecule has 2 N–H and O–H groups in total. The van der Waals surface area contributed by atoms with Gasteiger partial charge in [-0.2, -0.15) is 0 Å². The van der Waals surface area contributed by atoms with Gasteiger partial charge in [-0.25, -0.2) is 0 Å². The van der Waals surface area contributed by atoms with Crippen LogP contribution in [-0.4, -0.2) is 41.4 Å². The number of aliphatic hydroxyl groups excluding tert-OH is 2. The van der Waals surface area contributed by atoms with E-state index in [9.17, 15) is 0 Å². The Bertz CT molecular complexity index is 296. The second kappa shape index (κ2) is 7.39. The van der Waals surface area contributed by atoms with E-state index in [-0.39, 0.29) is 13.2 Å². The van der Waals surface area contributed by atoms with Crippen LogP contribution in [0.25, 0.3) is 0 Å². The van der Waals surface area contributed by atoms with E-state index in [1.165, 1.54) is 11.1 Å². The monoisotopic (exact) mass is 223 g/mol. The first kappa shape index (κ1) is 13.2. The SMILES string of the molecule is CCc1cccc(CN(CCO)CCO)c1. The number of hydrogen-bond acceptors (Lipinski definition) is 3. The van der Waals surface area contributed by atoms with Crippen molar-refractivity contribution in [2.75, 3.05) is 26.3 Å². The smallest absolute Gasteiger partial charge is 0.0558 e. The van der Waals surface area contributed by atoms with Gasteiger partial charge >= 0.3 is 0 Å². The zero-order valence-electron chi connectivity index (χ0n) is 9.89. The van der Waals surface area contributed by atoms with Crippen LogP contribution in [0.2, 0.25) is 0 Å². The predicted octanol–water partition coefficient (Wildman–Crippen LogP) is 1.04. The molecule has 1 aromatic carbocycles. The first-order chi connectivity index (χ1) is 7.80. The van der Waals surface area contributed by atoms with Gasteiger partial charge in [0.25, 0.3) is 0 Å². The van der Waals surface area contributed by atoms with Crippen LogP contribution in [0.1, 0.15) is 18.1 Å². The summed E-state index contributed by atoms with van der Waals surface area (Å²) >= 11 is 0. The third-order valence-electron chi connectivity index (χ3n) is 2.64. The van der Waals surface area contributed by atoms with Crippen molar-refractivity contribution in [3.8, 4) is 0 Å². The highest BCUT2D eigenvalue weighted by atomic mass is 16.3. The van der Waals surface area contributed by atoms with Gasteiger partial charge < -0.3 is 10.2 Å². The number of aliphatic hydroxyl groups is 2. The molecule has 1 aromatic rings. The van der Waals surface area contributed by atoms with Gasteiger partial charge in [0.2, 0.25) is 0 Å². The zero-order chi connectivity index (χ0) is 11.8. The lowest BCUT2D eigenvalue weighted by atomic mass is 10.1. The Morgan fingerprint density at radius 3 is 2.25 bits per heavy atom. The second-order valence-corrected chi connectivity index (χ2v) is 3.90. The molecule has 0 aliphatic heterocycles. The summed E-state index contributed by atoms with van der Waals surface area (Å²) in [6.07, 6.45) is 1.04. The Hall–Kier alpha value is -0.900. The zero-order valence-corrected chi connectivity index (χ0v) is 9.89. The minimum Gasteiger partial charge on any atom is -0.395 e. The van der Waals surface area contributed by atoms with Crippen molar-refractivity contribution in [1.82, 2.24) is 4.90 Å². The van der Waals surface area contributed by atoms with E-state index >= 15 is 0 Å². The molecular formula is C13H21NO2. The molecule has 16 heavy (non-hydrogen) atoms. The van der Waals surface area contributed by atoms with E-state index in [1.54, 1.807) is 0 Å². The Balaban J connectivity index is 2.60. The van der Waals surface area contributed by atoms with Crippen molar-refractivity contribution < 1.29 is 10.2 Å². The molecule has 0 atom stereocenters. The molecule has 0 bridgehead atoms. The molecule has 1 rings (SSSR count). The lowest BCUT2D eigenvalue weighted by Crippen LogP contribution is -2.29. The average Bonchev–Trinajstić information content (AvgIpc) is 2.30. The maximum atomic E-state index is 8.92. The standard InChI is InChI=1S/C13H21NO2/c1-2-12-4-3-5-13(10-12)11-14(6-8-15)7-9-16/h3-5,10,15-16H,2,6-9,11H2,1H3. The highest BCUT2D eigenvalue weighted by molar-refractivity contribution is 5.23. The summed E-state index contributed by atoms with van der Waals surface area (Å²) in [6.45, 7) is 4.40. The Morgan fingerprint density at radius 1 is 1.06 bits per heavy atom. The molecule has 0 heterocycles. The van der Waals surface area contributed by atoms with Crippen LogP contribution in [0.15, 0.2) is 24.3 Å². The fraction of sp³-hybridized carbons (Fsp3) is 0.538. The molecule has 0 fully saturated rings. The summed E-state index contributed by atoms with van der Waals surface area (Å²) in [4.78, 5) is 2.05. The van der Waals surface area contributed by atoms with E-state index in [1.807, 2.05) is 0 Å². The third kappa shape index (κ3) is 4.31. The Labute approximate surface area is 97.3 Å². The highest BCUT2D eigenvalue weighted by Gasteiger charge is 2.04. The third-order valence-corrected chi connectivity index (χ3v) is 2.64. The van der Waals surface area contributed by atoms with E-state index in [2.05, 4.69) is 36.1 Å². The maximum Gasteiger partial charge on any atom is 0.0558 e. The maximum absolute atomic E-state index is 8.92. The average molecular weight is 223 g/mol. The quantitative estimate of drug-likeness (QED) is 0.726. The molecule has 0 saturated heterocycles. The van der Waals surface area contributed by atoms with Crippen LogP contribution < -0.4 is 0 Å². The molecule has 0 saturated carbocycles. The molecule has 0 amide bonds. The van der Waals surface area contributed by atoms with Crippen LogP contribution in [0.4, 0.5) is 0 Å². The lowest BCUT2D eigenvalue weighted by Gasteiger charge is -2.20. The molecule has 0 aromatic heterocycles. The lowest BCUT2D eigenvalue weighted by molar-refractivity contribution is 0.156. The number of rotatable bonds is 7.